The van der Waals surface area contributed by atoms with Gasteiger partial charge in [0.25, 0.3) is 5.91 Å². The number of halogens is 1. The average molecular weight is 481 g/mol. The van der Waals surface area contributed by atoms with Crippen LogP contribution < -0.4 is 5.32 Å². The first-order valence-corrected chi connectivity index (χ1v) is 11.0. The van der Waals surface area contributed by atoms with E-state index in [1.807, 2.05) is 36.4 Å². The molecule has 3 aromatic rings. The number of imidazole rings is 1. The molecule has 30 heavy (non-hydrogen) atoms. The number of benzene rings is 1. The summed E-state index contributed by atoms with van der Waals surface area (Å²) in [7, 11) is 0. The van der Waals surface area contributed by atoms with Gasteiger partial charge in [-0.15, -0.1) is 11.3 Å². The van der Waals surface area contributed by atoms with E-state index in [-0.39, 0.29) is 5.91 Å². The minimum absolute atomic E-state index is 0.225. The lowest BCUT2D eigenvalue weighted by molar-refractivity contribution is -0.128. The van der Waals surface area contributed by atoms with Gasteiger partial charge in [0, 0.05) is 24.9 Å². The Morgan fingerprint density at radius 1 is 1.37 bits per heavy atom. The zero-order valence-electron chi connectivity index (χ0n) is 15.7. The molecule has 4 heterocycles. The number of carbonyl (C=O) groups excluding carboxylic acids is 1. The van der Waals surface area contributed by atoms with Crippen molar-refractivity contribution in [3.8, 4) is 0 Å². The van der Waals surface area contributed by atoms with Crippen LogP contribution in [0.5, 0.6) is 0 Å². The number of allylic oxidation sites excluding steroid dienone is 3. The van der Waals surface area contributed by atoms with Gasteiger partial charge in [-0.1, -0.05) is 18.2 Å². The second-order valence-corrected chi connectivity index (χ2v) is 8.82. The van der Waals surface area contributed by atoms with Crippen LogP contribution in [-0.2, 0) is 11.2 Å². The SMILES string of the molecule is N=C/C(C(=O)N1CCc2[nH]cnc2[C@H]1c1nc2ccccc2s1)=C1/C=CC=C(Br)N1. The van der Waals surface area contributed by atoms with Gasteiger partial charge in [-0.05, 0) is 40.2 Å². The molecule has 0 unspecified atom stereocenters. The number of amides is 1. The summed E-state index contributed by atoms with van der Waals surface area (Å²) in [4.78, 5) is 27.9. The fourth-order valence-corrected chi connectivity index (χ4v) is 5.21. The van der Waals surface area contributed by atoms with Crippen molar-refractivity contribution in [1.82, 2.24) is 25.2 Å². The fourth-order valence-electron chi connectivity index (χ4n) is 3.76. The number of carbonyl (C=O) groups is 1. The van der Waals surface area contributed by atoms with Gasteiger partial charge >= 0.3 is 0 Å². The number of thiazole rings is 1. The Kier molecular flexibility index (Phi) is 4.84. The van der Waals surface area contributed by atoms with Crippen LogP contribution >= 0.6 is 27.3 Å². The van der Waals surface area contributed by atoms with E-state index in [0.717, 1.165) is 37.4 Å². The molecule has 1 amide bonds. The molecule has 2 aliphatic rings. The maximum Gasteiger partial charge on any atom is 0.258 e. The monoisotopic (exact) mass is 480 g/mol. The maximum atomic E-state index is 13.6. The zero-order chi connectivity index (χ0) is 20.7. The van der Waals surface area contributed by atoms with E-state index in [4.69, 9.17) is 10.4 Å². The molecule has 0 saturated carbocycles. The van der Waals surface area contributed by atoms with E-state index in [2.05, 4.69) is 31.2 Å². The summed E-state index contributed by atoms with van der Waals surface area (Å²) in [5.74, 6) is -0.225. The van der Waals surface area contributed by atoms with Crippen molar-refractivity contribution in [1.29, 1.82) is 5.41 Å². The van der Waals surface area contributed by atoms with Gasteiger partial charge in [-0.25, -0.2) is 9.97 Å². The lowest BCUT2D eigenvalue weighted by atomic mass is 10.0. The molecule has 9 heteroatoms. The molecule has 0 spiro atoms. The van der Waals surface area contributed by atoms with Crippen molar-refractivity contribution in [2.24, 2.45) is 0 Å². The third-order valence-corrected chi connectivity index (χ3v) is 6.71. The Balaban J connectivity index is 1.60. The maximum absolute atomic E-state index is 13.6. The molecule has 3 N–H and O–H groups in total. The van der Waals surface area contributed by atoms with Crippen LogP contribution in [0.2, 0.25) is 0 Å². The lowest BCUT2D eigenvalue weighted by Gasteiger charge is -2.34. The number of aromatic amines is 1. The van der Waals surface area contributed by atoms with Crippen LogP contribution in [0.25, 0.3) is 10.2 Å². The molecule has 0 saturated heterocycles. The fraction of sp³-hybridized carbons (Fsp3) is 0.143. The van der Waals surface area contributed by atoms with E-state index in [9.17, 15) is 4.79 Å². The van der Waals surface area contributed by atoms with Crippen molar-refractivity contribution in [3.05, 3.63) is 81.1 Å². The summed E-state index contributed by atoms with van der Waals surface area (Å²) in [6.07, 6.45) is 8.92. The number of nitrogens with zero attached hydrogens (tertiary/aromatic N) is 3. The minimum Gasteiger partial charge on any atom is -0.349 e. The average Bonchev–Trinajstić information content (AvgIpc) is 3.40. The predicted octanol–water partition coefficient (Wildman–Crippen LogP) is 3.79. The van der Waals surface area contributed by atoms with E-state index in [1.165, 1.54) is 0 Å². The van der Waals surface area contributed by atoms with Gasteiger partial charge < -0.3 is 20.6 Å². The van der Waals surface area contributed by atoms with Crippen LogP contribution in [0.15, 0.2) is 64.7 Å². The van der Waals surface area contributed by atoms with Crippen LogP contribution in [0.4, 0.5) is 0 Å². The minimum atomic E-state index is -0.396. The highest BCUT2D eigenvalue weighted by Gasteiger charge is 2.37. The molecule has 7 nitrogen and oxygen atoms in total. The molecule has 0 fully saturated rings. The highest BCUT2D eigenvalue weighted by molar-refractivity contribution is 9.11. The summed E-state index contributed by atoms with van der Waals surface area (Å²) in [6, 6.07) is 7.55. The molecular formula is C21H17BrN6OS. The number of fused-ring (bicyclic) bond motifs is 2. The first kappa shape index (κ1) is 19.0. The number of dihydropyridines is 1. The molecule has 2 aliphatic heterocycles. The second kappa shape index (κ2) is 7.66. The number of H-pyrrole nitrogens is 1. The van der Waals surface area contributed by atoms with Gasteiger partial charge in [-0.2, -0.15) is 0 Å². The largest absolute Gasteiger partial charge is 0.349 e. The molecule has 1 aromatic carbocycles. The normalized spacial score (nSPS) is 19.8. The van der Waals surface area contributed by atoms with Gasteiger partial charge in [0.05, 0.1) is 38.1 Å². The number of hydrogen-bond donors (Lipinski definition) is 3. The van der Waals surface area contributed by atoms with Crippen LogP contribution in [0.3, 0.4) is 0 Å². The number of para-hydroxylation sites is 1. The van der Waals surface area contributed by atoms with Crippen molar-refractivity contribution in [2.45, 2.75) is 12.5 Å². The van der Waals surface area contributed by atoms with Gasteiger partial charge in [0.1, 0.15) is 11.0 Å². The number of nitrogens with one attached hydrogen (secondary N) is 3. The predicted molar refractivity (Wildman–Crippen MR) is 121 cm³/mol. The lowest BCUT2D eigenvalue weighted by Crippen LogP contribution is -2.42. The number of rotatable bonds is 3. The summed E-state index contributed by atoms with van der Waals surface area (Å²) < 4.78 is 1.81. The van der Waals surface area contributed by atoms with Gasteiger partial charge in [0.15, 0.2) is 0 Å². The third-order valence-electron chi connectivity index (χ3n) is 5.15. The number of aromatic nitrogens is 3. The number of hydrogen-bond acceptors (Lipinski definition) is 6. The Labute approximate surface area is 184 Å². The smallest absolute Gasteiger partial charge is 0.258 e. The van der Waals surface area contributed by atoms with Crippen LogP contribution in [0, 0.1) is 5.41 Å². The van der Waals surface area contributed by atoms with E-state index in [0.29, 0.717) is 24.2 Å². The molecule has 0 aliphatic carbocycles. The van der Waals surface area contributed by atoms with Crippen molar-refractivity contribution in [2.75, 3.05) is 6.54 Å². The zero-order valence-corrected chi connectivity index (χ0v) is 18.1. The highest BCUT2D eigenvalue weighted by atomic mass is 79.9. The quantitative estimate of drug-likeness (QED) is 0.301. The molecule has 0 bridgehead atoms. The van der Waals surface area contributed by atoms with E-state index < -0.39 is 6.04 Å². The Bertz CT molecular complexity index is 1220. The summed E-state index contributed by atoms with van der Waals surface area (Å²) in [5, 5.41) is 11.8. The van der Waals surface area contributed by atoms with Crippen molar-refractivity contribution < 1.29 is 4.79 Å². The van der Waals surface area contributed by atoms with Crippen LogP contribution in [0.1, 0.15) is 22.4 Å². The molecule has 2 aromatic heterocycles. The van der Waals surface area contributed by atoms with Gasteiger partial charge in [0.2, 0.25) is 0 Å². The first-order valence-electron chi connectivity index (χ1n) is 9.40. The van der Waals surface area contributed by atoms with Crippen LogP contribution in [-0.4, -0.2) is 38.5 Å². The molecule has 150 valence electrons. The van der Waals surface area contributed by atoms with Crippen molar-refractivity contribution >= 4 is 49.6 Å². The van der Waals surface area contributed by atoms with Crippen molar-refractivity contribution in [3.63, 3.8) is 0 Å². The second-order valence-electron chi connectivity index (χ2n) is 6.91. The Hall–Kier alpha value is -3.04. The molecular weight excluding hydrogens is 464 g/mol. The van der Waals surface area contributed by atoms with E-state index >= 15 is 0 Å². The first-order chi connectivity index (χ1) is 14.7. The van der Waals surface area contributed by atoms with E-state index in [1.54, 1.807) is 28.6 Å². The molecule has 1 atom stereocenters. The summed E-state index contributed by atoms with van der Waals surface area (Å²) in [5.41, 5.74) is 3.62. The summed E-state index contributed by atoms with van der Waals surface area (Å²) in [6.45, 7) is 0.514. The Morgan fingerprint density at radius 3 is 3.03 bits per heavy atom. The molecule has 0 radical (unpaired) electrons. The Morgan fingerprint density at radius 2 is 2.23 bits per heavy atom. The highest BCUT2D eigenvalue weighted by Crippen LogP contribution is 2.38. The molecule has 5 rings (SSSR count). The standard InChI is InChI=1S/C21H17BrN6OS/c22-17-7-3-5-13(26-17)12(10-23)21(29)28-9-8-15-18(25-11-24-15)19(28)20-27-14-4-1-2-6-16(14)30-20/h1-7,10-11,19,23,26H,8-9H2,(H,24,25)/b13-12+,23-10?/t19-/m0/s1. The summed E-state index contributed by atoms with van der Waals surface area (Å²) >= 11 is 4.97. The third kappa shape index (κ3) is 3.20. The topological polar surface area (TPSA) is 97.8 Å². The van der Waals surface area contributed by atoms with Gasteiger partial charge in [-0.3, -0.25) is 4.79 Å².